The van der Waals surface area contributed by atoms with Crippen LogP contribution in [0, 0.1) is 10.8 Å². The van der Waals surface area contributed by atoms with Gasteiger partial charge >= 0.3 is 0 Å². The Bertz CT molecular complexity index is 473. The lowest BCUT2D eigenvalue weighted by Crippen LogP contribution is -2.44. The maximum atomic E-state index is 6.11. The number of hydrogen-bond donors (Lipinski definition) is 0. The summed E-state index contributed by atoms with van der Waals surface area (Å²) in [5.74, 6) is 0. The van der Waals surface area contributed by atoms with Crippen molar-refractivity contribution in [3.05, 3.63) is 0 Å². The third-order valence-electron chi connectivity index (χ3n) is 5.23. The molecule has 7 nitrogen and oxygen atoms in total. The largest absolute Gasteiger partial charge is 0.381 e. The fourth-order valence-electron chi connectivity index (χ4n) is 2.98. The van der Waals surface area contributed by atoms with Gasteiger partial charge in [0.1, 0.15) is 5.72 Å². The maximum Gasteiger partial charge on any atom is 0.115 e. The Balaban J connectivity index is 3.52. The van der Waals surface area contributed by atoms with Crippen LogP contribution >= 0.6 is 0 Å². The summed E-state index contributed by atoms with van der Waals surface area (Å²) in [6, 6.07) is 0. The van der Waals surface area contributed by atoms with Crippen molar-refractivity contribution in [2.24, 2.45) is 10.8 Å². The van der Waals surface area contributed by atoms with Crippen LogP contribution in [0.1, 0.15) is 81.1 Å². The fraction of sp³-hybridized carbons (Fsp3) is 1.00. The summed E-state index contributed by atoms with van der Waals surface area (Å²) in [6.07, 6.45) is 3.95. The number of hydrogen-bond acceptors (Lipinski definition) is 7. The van der Waals surface area contributed by atoms with E-state index >= 15 is 0 Å². The van der Waals surface area contributed by atoms with Gasteiger partial charge in [0.2, 0.25) is 0 Å². The second-order valence-electron chi connectivity index (χ2n) is 12.2. The van der Waals surface area contributed by atoms with E-state index in [1.165, 1.54) is 0 Å². The number of unbranched alkanes of at least 4 members (excludes halogenated alkanes) is 1. The van der Waals surface area contributed by atoms with Crippen molar-refractivity contribution in [3.8, 4) is 0 Å². The van der Waals surface area contributed by atoms with E-state index in [4.69, 9.17) is 28.4 Å². The highest BCUT2D eigenvalue weighted by Crippen LogP contribution is 2.16. The molecule has 0 N–H and O–H groups in total. The van der Waals surface area contributed by atoms with Gasteiger partial charge in [-0.05, 0) is 57.4 Å². The lowest BCUT2D eigenvalue weighted by Gasteiger charge is -2.35. The number of ether oxygens (including phenoxy) is 6. The molecule has 7 heteroatoms. The van der Waals surface area contributed by atoms with Gasteiger partial charge in [0.25, 0.3) is 0 Å². The van der Waals surface area contributed by atoms with E-state index in [9.17, 15) is 0 Å². The molecule has 0 spiro atoms. The number of nitrogens with zero attached hydrogens (tertiary/aromatic N) is 1. The third kappa shape index (κ3) is 25.2. The van der Waals surface area contributed by atoms with E-state index in [2.05, 4.69) is 67.3 Å². The van der Waals surface area contributed by atoms with E-state index in [0.717, 1.165) is 71.9 Å². The second kappa shape index (κ2) is 19.8. The molecule has 0 radical (unpaired) electrons. The minimum absolute atomic E-state index is 0.204. The van der Waals surface area contributed by atoms with Crippen LogP contribution in [0.25, 0.3) is 0 Å². The zero-order valence-electron chi connectivity index (χ0n) is 24.7. The molecule has 35 heavy (non-hydrogen) atoms. The SMILES string of the molecule is CN(CCCCOCCOCCOCC(C)(C)C)C(C)(C)OCCCOCCCOCC(C)(C)C. The zero-order chi connectivity index (χ0) is 26.6. The van der Waals surface area contributed by atoms with Gasteiger partial charge in [-0.15, -0.1) is 0 Å². The predicted molar refractivity (Wildman–Crippen MR) is 144 cm³/mol. The van der Waals surface area contributed by atoms with Gasteiger partial charge < -0.3 is 28.4 Å². The van der Waals surface area contributed by atoms with E-state index in [-0.39, 0.29) is 16.6 Å². The standard InChI is InChI=1S/C28H59NO6/c1-26(2,3)24-33-18-12-16-30-17-13-19-35-28(7,8)29(9)14-10-11-15-31-20-21-32-22-23-34-25-27(4,5)6/h10-25H2,1-9H3. The van der Waals surface area contributed by atoms with Crippen LogP contribution in [0.2, 0.25) is 0 Å². The van der Waals surface area contributed by atoms with Crippen LogP contribution in [0.15, 0.2) is 0 Å². The molecule has 0 fully saturated rings. The summed E-state index contributed by atoms with van der Waals surface area (Å²) >= 11 is 0. The van der Waals surface area contributed by atoms with Gasteiger partial charge in [-0.25, -0.2) is 0 Å². The van der Waals surface area contributed by atoms with Crippen molar-refractivity contribution in [2.45, 2.75) is 86.8 Å². The smallest absolute Gasteiger partial charge is 0.115 e. The first-order valence-corrected chi connectivity index (χ1v) is 13.6. The first kappa shape index (κ1) is 34.7. The van der Waals surface area contributed by atoms with Crippen LogP contribution in [0.4, 0.5) is 0 Å². The molecule has 0 aromatic rings. The summed E-state index contributed by atoms with van der Waals surface area (Å²) in [6.45, 7) is 26.0. The normalized spacial score (nSPS) is 13.2. The average Bonchev–Trinajstić information content (AvgIpc) is 2.74. The Hall–Kier alpha value is -0.280. The molecule has 0 aliphatic carbocycles. The van der Waals surface area contributed by atoms with Gasteiger partial charge in [0.05, 0.1) is 46.2 Å². The summed E-state index contributed by atoms with van der Waals surface area (Å²) in [5, 5.41) is 0. The molecule has 0 aromatic heterocycles. The molecule has 0 saturated heterocycles. The van der Waals surface area contributed by atoms with Crippen molar-refractivity contribution < 1.29 is 28.4 Å². The highest BCUT2D eigenvalue weighted by molar-refractivity contribution is 4.68. The molecule has 0 heterocycles. The van der Waals surface area contributed by atoms with Gasteiger partial charge in [-0.3, -0.25) is 4.90 Å². The Morgan fingerprint density at radius 1 is 0.457 bits per heavy atom. The van der Waals surface area contributed by atoms with Gasteiger partial charge in [-0.2, -0.15) is 0 Å². The molecule has 0 unspecified atom stereocenters. The third-order valence-corrected chi connectivity index (χ3v) is 5.23. The van der Waals surface area contributed by atoms with Crippen molar-refractivity contribution in [1.29, 1.82) is 0 Å². The summed E-state index contributed by atoms with van der Waals surface area (Å²) < 4.78 is 34.3. The molecule has 0 bridgehead atoms. The molecule has 0 aliphatic heterocycles. The van der Waals surface area contributed by atoms with Crippen LogP contribution in [0.5, 0.6) is 0 Å². The minimum atomic E-state index is -0.287. The Kier molecular flexibility index (Phi) is 19.6. The molecule has 0 atom stereocenters. The van der Waals surface area contributed by atoms with Crippen LogP contribution in [0.3, 0.4) is 0 Å². The molecule has 0 aromatic carbocycles. The Morgan fingerprint density at radius 3 is 1.43 bits per heavy atom. The molecule has 0 aliphatic rings. The van der Waals surface area contributed by atoms with Crippen LogP contribution in [-0.2, 0) is 28.4 Å². The Morgan fingerprint density at radius 2 is 0.857 bits per heavy atom. The van der Waals surface area contributed by atoms with Crippen LogP contribution < -0.4 is 0 Å². The molecule has 0 amide bonds. The van der Waals surface area contributed by atoms with Gasteiger partial charge in [0.15, 0.2) is 0 Å². The molecule has 212 valence electrons. The molecular formula is C28H59NO6. The minimum Gasteiger partial charge on any atom is -0.381 e. The first-order chi connectivity index (χ1) is 16.3. The first-order valence-electron chi connectivity index (χ1n) is 13.6. The van der Waals surface area contributed by atoms with Crippen LogP contribution in [-0.4, -0.2) is 96.9 Å². The van der Waals surface area contributed by atoms with Crippen molar-refractivity contribution in [3.63, 3.8) is 0 Å². The lowest BCUT2D eigenvalue weighted by atomic mass is 9.99. The number of rotatable bonds is 23. The van der Waals surface area contributed by atoms with Gasteiger partial charge in [-0.1, -0.05) is 41.5 Å². The zero-order valence-corrected chi connectivity index (χ0v) is 24.7. The Labute approximate surface area is 217 Å². The predicted octanol–water partition coefficient (Wildman–Crippen LogP) is 5.41. The van der Waals surface area contributed by atoms with E-state index in [0.29, 0.717) is 33.0 Å². The lowest BCUT2D eigenvalue weighted by molar-refractivity contribution is -0.125. The van der Waals surface area contributed by atoms with E-state index in [1.807, 2.05) is 0 Å². The van der Waals surface area contributed by atoms with Crippen molar-refractivity contribution >= 4 is 0 Å². The monoisotopic (exact) mass is 505 g/mol. The van der Waals surface area contributed by atoms with E-state index < -0.39 is 0 Å². The molecule has 0 saturated carbocycles. The average molecular weight is 506 g/mol. The van der Waals surface area contributed by atoms with Gasteiger partial charge in [0, 0.05) is 33.0 Å². The maximum absolute atomic E-state index is 6.11. The highest BCUT2D eigenvalue weighted by Gasteiger charge is 2.23. The topological polar surface area (TPSA) is 58.6 Å². The molecular weight excluding hydrogens is 446 g/mol. The van der Waals surface area contributed by atoms with Crippen molar-refractivity contribution in [2.75, 3.05) is 86.3 Å². The summed E-state index contributed by atoms with van der Waals surface area (Å²) in [4.78, 5) is 2.26. The second-order valence-corrected chi connectivity index (χ2v) is 12.2. The quantitative estimate of drug-likeness (QED) is 0.136. The summed E-state index contributed by atoms with van der Waals surface area (Å²) in [5.41, 5.74) is 0.142. The fourth-order valence-corrected chi connectivity index (χ4v) is 2.98. The summed E-state index contributed by atoms with van der Waals surface area (Å²) in [7, 11) is 2.12. The van der Waals surface area contributed by atoms with Crippen molar-refractivity contribution in [1.82, 2.24) is 4.90 Å². The highest BCUT2D eigenvalue weighted by atomic mass is 16.5. The molecule has 0 rings (SSSR count). The van der Waals surface area contributed by atoms with E-state index in [1.54, 1.807) is 0 Å².